The van der Waals surface area contributed by atoms with Crippen LogP contribution in [0.1, 0.15) is 40.0 Å². The van der Waals surface area contributed by atoms with E-state index in [1.165, 1.54) is 0 Å². The zero-order valence-electron chi connectivity index (χ0n) is 15.3. The van der Waals surface area contributed by atoms with Crippen molar-refractivity contribution in [1.82, 2.24) is 0 Å². The van der Waals surface area contributed by atoms with E-state index in [4.69, 9.17) is 18.9 Å². The van der Waals surface area contributed by atoms with Gasteiger partial charge in [0.2, 0.25) is 0 Å². The Balaban J connectivity index is 1.39. The summed E-state index contributed by atoms with van der Waals surface area (Å²) in [6.07, 6.45) is 1.71. The average molecular weight is 360 g/mol. The first kappa shape index (κ1) is 15.0. The van der Waals surface area contributed by atoms with Gasteiger partial charge in [0.05, 0.1) is 6.10 Å². The number of rotatable bonds is 1. The molecule has 6 heteroatoms. The second-order valence-corrected chi connectivity index (χ2v) is 9.91. The van der Waals surface area contributed by atoms with Gasteiger partial charge in [0.1, 0.15) is 36.1 Å². The highest BCUT2D eigenvalue weighted by molar-refractivity contribution is 5.92. The first-order chi connectivity index (χ1) is 12.3. The lowest BCUT2D eigenvalue weighted by atomic mass is 9.46. The molecule has 7 aliphatic rings. The van der Waals surface area contributed by atoms with Crippen molar-refractivity contribution in [3.8, 4) is 0 Å². The molecule has 1 N–H and O–H groups in total. The number of fused-ring (bicyclic) bond motifs is 4. The number of hydrogen-bond acceptors (Lipinski definition) is 6. The molecular formula is C20H24O6. The average Bonchev–Trinajstić information content (AvgIpc) is 3.47. The number of aliphatic hydroxyl groups is 1. The molecule has 3 saturated heterocycles. The van der Waals surface area contributed by atoms with Gasteiger partial charge in [-0.3, -0.25) is 0 Å². The van der Waals surface area contributed by atoms with Gasteiger partial charge >= 0.3 is 5.97 Å². The van der Waals surface area contributed by atoms with Crippen LogP contribution < -0.4 is 0 Å². The minimum absolute atomic E-state index is 0.00808. The van der Waals surface area contributed by atoms with Gasteiger partial charge in [-0.25, -0.2) is 4.79 Å². The Morgan fingerprint density at radius 2 is 2.00 bits per heavy atom. The molecule has 140 valence electrons. The van der Waals surface area contributed by atoms with Gasteiger partial charge in [-0.05, 0) is 36.7 Å². The van der Waals surface area contributed by atoms with Crippen molar-refractivity contribution >= 4 is 5.97 Å². The van der Waals surface area contributed by atoms with E-state index in [9.17, 15) is 9.90 Å². The van der Waals surface area contributed by atoms with Crippen LogP contribution in [0, 0.1) is 17.3 Å². The molecule has 1 unspecified atom stereocenters. The van der Waals surface area contributed by atoms with Crippen LogP contribution in [0.3, 0.4) is 0 Å². The minimum atomic E-state index is -0.654. The van der Waals surface area contributed by atoms with Gasteiger partial charge in [-0.2, -0.15) is 0 Å². The molecule has 7 rings (SSSR count). The van der Waals surface area contributed by atoms with Crippen LogP contribution in [0.15, 0.2) is 11.1 Å². The SMILES string of the molecule is CC(C)[C@]12O[C@H]1[C@H]1O[C@]13[C@]1(O[C@H]1CC1C4=C(CC[C@@]13C)C(=O)OC4)[C@@H]2O. The fraction of sp³-hybridized carbons (Fsp3) is 0.850. The molecule has 9 atom stereocenters. The summed E-state index contributed by atoms with van der Waals surface area (Å²) >= 11 is 0. The summed E-state index contributed by atoms with van der Waals surface area (Å²) in [5.41, 5.74) is 0.230. The number of carbonyl (C=O) groups is 1. The molecule has 2 saturated carbocycles. The van der Waals surface area contributed by atoms with E-state index in [0.29, 0.717) is 6.61 Å². The molecule has 5 fully saturated rings. The smallest absolute Gasteiger partial charge is 0.334 e. The van der Waals surface area contributed by atoms with Crippen molar-refractivity contribution in [2.75, 3.05) is 6.61 Å². The standard InChI is InChI=1S/C20H24O6/c1-8(2)18-13(25-18)14-20(26-14)17(3)5-4-9-10(7-23-15(9)21)11(17)6-12-19(20,24-12)16(18)22/h8,11-14,16,22H,4-7H2,1-3H3/t11?,12-,13-,14+,16+,17-,18-,19+,20+/m0/s1. The number of cyclic esters (lactones) is 1. The summed E-state index contributed by atoms with van der Waals surface area (Å²) in [5.74, 6) is 0.297. The number of carbonyl (C=O) groups excluding carboxylic acids is 1. The summed E-state index contributed by atoms with van der Waals surface area (Å²) in [6, 6.07) is 0. The molecule has 0 aromatic heterocycles. The summed E-state index contributed by atoms with van der Waals surface area (Å²) in [6.45, 7) is 6.91. The molecule has 4 heterocycles. The van der Waals surface area contributed by atoms with Gasteiger partial charge in [0, 0.05) is 11.0 Å². The van der Waals surface area contributed by atoms with E-state index in [-0.39, 0.29) is 41.5 Å². The highest BCUT2D eigenvalue weighted by atomic mass is 16.7. The van der Waals surface area contributed by atoms with Gasteiger partial charge in [-0.15, -0.1) is 0 Å². The molecule has 4 aliphatic heterocycles. The maximum atomic E-state index is 12.1. The third-order valence-electron chi connectivity index (χ3n) is 9.10. The van der Waals surface area contributed by atoms with Crippen LogP contribution in [0.4, 0.5) is 0 Å². The molecule has 6 nitrogen and oxygen atoms in total. The van der Waals surface area contributed by atoms with Crippen molar-refractivity contribution in [3.05, 3.63) is 11.1 Å². The molecule has 0 radical (unpaired) electrons. The van der Waals surface area contributed by atoms with Crippen LogP contribution in [0.25, 0.3) is 0 Å². The zero-order valence-corrected chi connectivity index (χ0v) is 15.3. The largest absolute Gasteiger partial charge is 0.458 e. The predicted octanol–water partition coefficient (Wildman–Crippen LogP) is 1.10. The van der Waals surface area contributed by atoms with Crippen LogP contribution in [0.2, 0.25) is 0 Å². The molecular weight excluding hydrogens is 336 g/mol. The van der Waals surface area contributed by atoms with Crippen molar-refractivity contribution in [1.29, 1.82) is 0 Å². The van der Waals surface area contributed by atoms with Crippen molar-refractivity contribution in [2.45, 2.75) is 81.3 Å². The number of hydrogen-bond donors (Lipinski definition) is 1. The number of ether oxygens (including phenoxy) is 4. The van der Waals surface area contributed by atoms with E-state index in [0.717, 1.165) is 30.4 Å². The molecule has 0 amide bonds. The summed E-state index contributed by atoms with van der Waals surface area (Å²) in [5, 5.41) is 11.4. The quantitative estimate of drug-likeness (QED) is 0.557. The van der Waals surface area contributed by atoms with E-state index < -0.39 is 22.9 Å². The van der Waals surface area contributed by atoms with E-state index >= 15 is 0 Å². The van der Waals surface area contributed by atoms with Gasteiger partial charge in [0.25, 0.3) is 0 Å². The fourth-order valence-corrected chi connectivity index (χ4v) is 7.70. The Kier molecular flexibility index (Phi) is 2.19. The van der Waals surface area contributed by atoms with Crippen molar-refractivity contribution in [3.63, 3.8) is 0 Å². The Labute approximate surface area is 151 Å². The van der Waals surface area contributed by atoms with E-state index in [1.54, 1.807) is 0 Å². The molecule has 2 spiro atoms. The van der Waals surface area contributed by atoms with Crippen molar-refractivity contribution < 1.29 is 28.8 Å². The Morgan fingerprint density at radius 1 is 1.19 bits per heavy atom. The second-order valence-electron chi connectivity index (χ2n) is 9.91. The molecule has 3 aliphatic carbocycles. The maximum Gasteiger partial charge on any atom is 0.334 e. The Bertz CT molecular complexity index is 819. The summed E-state index contributed by atoms with van der Waals surface area (Å²) in [4.78, 5) is 12.1. The van der Waals surface area contributed by atoms with Crippen LogP contribution in [-0.4, -0.2) is 58.9 Å². The predicted molar refractivity (Wildman–Crippen MR) is 87.1 cm³/mol. The number of aliphatic hydroxyl groups excluding tert-OH is 1. The van der Waals surface area contributed by atoms with Crippen molar-refractivity contribution in [2.24, 2.45) is 17.3 Å². The molecule has 0 aromatic rings. The zero-order chi connectivity index (χ0) is 17.9. The molecule has 0 aromatic carbocycles. The van der Waals surface area contributed by atoms with E-state index in [2.05, 4.69) is 20.8 Å². The van der Waals surface area contributed by atoms with Crippen LogP contribution in [-0.2, 0) is 23.7 Å². The van der Waals surface area contributed by atoms with Crippen LogP contribution >= 0.6 is 0 Å². The summed E-state index contributed by atoms with van der Waals surface area (Å²) in [7, 11) is 0. The monoisotopic (exact) mass is 360 g/mol. The third-order valence-corrected chi connectivity index (χ3v) is 9.10. The topological polar surface area (TPSA) is 84.1 Å². The normalized spacial score (nSPS) is 63.1. The third kappa shape index (κ3) is 1.14. The first-order valence-corrected chi connectivity index (χ1v) is 9.95. The van der Waals surface area contributed by atoms with E-state index in [1.807, 2.05) is 0 Å². The lowest BCUT2D eigenvalue weighted by molar-refractivity contribution is -0.136. The Hall–Kier alpha value is -0.950. The first-order valence-electron chi connectivity index (χ1n) is 9.95. The fourth-order valence-electron chi connectivity index (χ4n) is 7.70. The lowest BCUT2D eigenvalue weighted by Gasteiger charge is -2.53. The van der Waals surface area contributed by atoms with Gasteiger partial charge < -0.3 is 24.1 Å². The molecule has 0 bridgehead atoms. The lowest BCUT2D eigenvalue weighted by Crippen LogP contribution is -2.69. The summed E-state index contributed by atoms with van der Waals surface area (Å²) < 4.78 is 24.3. The van der Waals surface area contributed by atoms with Gasteiger partial charge in [0.15, 0.2) is 5.60 Å². The maximum absolute atomic E-state index is 12.1. The minimum Gasteiger partial charge on any atom is -0.458 e. The highest BCUT2D eigenvalue weighted by Gasteiger charge is 3.00. The Morgan fingerprint density at radius 3 is 2.77 bits per heavy atom. The molecule has 26 heavy (non-hydrogen) atoms. The van der Waals surface area contributed by atoms with Gasteiger partial charge in [-0.1, -0.05) is 20.8 Å². The highest BCUT2D eigenvalue weighted by Crippen LogP contribution is 2.82. The number of esters is 1. The number of epoxide rings is 3. The second kappa shape index (κ2) is 3.79. The van der Waals surface area contributed by atoms with Crippen LogP contribution in [0.5, 0.6) is 0 Å².